The molecule has 1 aliphatic heterocycles. The Morgan fingerprint density at radius 3 is 2.12 bits per heavy atom. The molecule has 1 heterocycles. The van der Waals surface area contributed by atoms with Crippen molar-refractivity contribution in [3.8, 4) is 5.75 Å². The number of imide groups is 1. The number of nitrogens with zero attached hydrogens (tertiary/aromatic N) is 1. The molecule has 0 bridgehead atoms. The van der Waals surface area contributed by atoms with Crippen LogP contribution in [0.25, 0.3) is 5.57 Å². The highest BCUT2D eigenvalue weighted by molar-refractivity contribution is 6.46. The SMILES string of the molecule is COc1ccc(C)cc1NC1=C(c2ccccc2)C(=O)N(c2ccc(C(C)(C)C)cc2)C1=O. The van der Waals surface area contributed by atoms with Gasteiger partial charge in [-0.1, -0.05) is 69.3 Å². The third-order valence-corrected chi connectivity index (χ3v) is 5.75. The normalized spacial score (nSPS) is 14.2. The minimum Gasteiger partial charge on any atom is -0.495 e. The first-order valence-electron chi connectivity index (χ1n) is 10.9. The van der Waals surface area contributed by atoms with Gasteiger partial charge in [0.05, 0.1) is 24.1 Å². The van der Waals surface area contributed by atoms with Crippen LogP contribution in [0.5, 0.6) is 5.75 Å². The van der Waals surface area contributed by atoms with Gasteiger partial charge in [-0.25, -0.2) is 4.90 Å². The molecular weight excluding hydrogens is 412 g/mol. The molecule has 0 aromatic heterocycles. The summed E-state index contributed by atoms with van der Waals surface area (Å²) >= 11 is 0. The maximum atomic E-state index is 13.6. The van der Waals surface area contributed by atoms with Crippen LogP contribution in [0.4, 0.5) is 11.4 Å². The second-order valence-electron chi connectivity index (χ2n) is 9.19. The second kappa shape index (κ2) is 8.58. The lowest BCUT2D eigenvalue weighted by Gasteiger charge is -2.21. The molecule has 3 aromatic rings. The van der Waals surface area contributed by atoms with Gasteiger partial charge in [0.2, 0.25) is 0 Å². The summed E-state index contributed by atoms with van der Waals surface area (Å²) in [5, 5.41) is 3.21. The van der Waals surface area contributed by atoms with Crippen LogP contribution in [0, 0.1) is 6.92 Å². The lowest BCUT2D eigenvalue weighted by atomic mass is 9.87. The van der Waals surface area contributed by atoms with Gasteiger partial charge in [-0.3, -0.25) is 9.59 Å². The Morgan fingerprint density at radius 2 is 1.52 bits per heavy atom. The maximum Gasteiger partial charge on any atom is 0.282 e. The van der Waals surface area contributed by atoms with Crippen molar-refractivity contribution in [2.45, 2.75) is 33.1 Å². The number of carbonyl (C=O) groups is 2. The standard InChI is InChI=1S/C28H28N2O3/c1-18-11-16-23(33-5)22(17-18)29-25-24(19-9-7-6-8-10-19)26(31)30(27(25)32)21-14-12-20(13-15-21)28(2,3)4/h6-17,29H,1-5H3. The molecule has 0 fully saturated rings. The Kier molecular flexibility index (Phi) is 5.81. The lowest BCUT2D eigenvalue weighted by Crippen LogP contribution is -2.32. The number of hydrogen-bond donors (Lipinski definition) is 1. The van der Waals surface area contributed by atoms with Crippen LogP contribution in [0.1, 0.15) is 37.5 Å². The number of benzene rings is 3. The third-order valence-electron chi connectivity index (χ3n) is 5.75. The van der Waals surface area contributed by atoms with Crippen LogP contribution < -0.4 is 15.0 Å². The molecule has 4 rings (SSSR count). The highest BCUT2D eigenvalue weighted by atomic mass is 16.5. The topological polar surface area (TPSA) is 58.6 Å². The predicted octanol–water partition coefficient (Wildman–Crippen LogP) is 5.70. The lowest BCUT2D eigenvalue weighted by molar-refractivity contribution is -0.120. The molecule has 168 valence electrons. The fourth-order valence-corrected chi connectivity index (χ4v) is 3.92. The number of methoxy groups -OCH3 is 1. The van der Waals surface area contributed by atoms with E-state index in [1.165, 1.54) is 4.90 Å². The Morgan fingerprint density at radius 1 is 0.848 bits per heavy atom. The first-order valence-corrected chi connectivity index (χ1v) is 10.9. The van der Waals surface area contributed by atoms with Gasteiger partial charge in [0.1, 0.15) is 11.4 Å². The molecule has 5 heteroatoms. The van der Waals surface area contributed by atoms with E-state index in [0.29, 0.717) is 28.3 Å². The molecule has 33 heavy (non-hydrogen) atoms. The van der Waals surface area contributed by atoms with Gasteiger partial charge in [0.15, 0.2) is 0 Å². The summed E-state index contributed by atoms with van der Waals surface area (Å²) in [6.45, 7) is 8.34. The number of aryl methyl sites for hydroxylation is 1. The average molecular weight is 441 g/mol. The van der Waals surface area contributed by atoms with E-state index in [0.717, 1.165) is 11.1 Å². The number of ether oxygens (including phenoxy) is 1. The first kappa shape index (κ1) is 22.3. The average Bonchev–Trinajstić information content (AvgIpc) is 3.03. The minimum atomic E-state index is -0.397. The first-order chi connectivity index (χ1) is 15.7. The highest BCUT2D eigenvalue weighted by Gasteiger charge is 2.40. The molecule has 0 saturated carbocycles. The zero-order chi connectivity index (χ0) is 23.8. The smallest absolute Gasteiger partial charge is 0.282 e. The van der Waals surface area contributed by atoms with Crippen LogP contribution in [-0.4, -0.2) is 18.9 Å². The van der Waals surface area contributed by atoms with Gasteiger partial charge in [0, 0.05) is 0 Å². The zero-order valence-corrected chi connectivity index (χ0v) is 19.6. The zero-order valence-electron chi connectivity index (χ0n) is 19.6. The Balaban J connectivity index is 1.80. The van der Waals surface area contributed by atoms with Crippen LogP contribution in [-0.2, 0) is 15.0 Å². The summed E-state index contributed by atoms with van der Waals surface area (Å²) in [4.78, 5) is 28.4. The van der Waals surface area contributed by atoms with E-state index in [1.54, 1.807) is 7.11 Å². The molecular formula is C28H28N2O3. The number of rotatable bonds is 5. The summed E-state index contributed by atoms with van der Waals surface area (Å²) in [5.74, 6) is -0.163. The molecule has 0 saturated heterocycles. The Bertz CT molecular complexity index is 1240. The molecule has 0 unspecified atom stereocenters. The van der Waals surface area contributed by atoms with Crippen molar-refractivity contribution in [3.05, 3.63) is 95.2 Å². The third kappa shape index (κ3) is 4.27. The van der Waals surface area contributed by atoms with Gasteiger partial charge in [-0.15, -0.1) is 0 Å². The number of hydrogen-bond acceptors (Lipinski definition) is 4. The molecule has 0 atom stereocenters. The fourth-order valence-electron chi connectivity index (χ4n) is 3.92. The summed E-state index contributed by atoms with van der Waals surface area (Å²) < 4.78 is 5.48. The fraction of sp³-hybridized carbons (Fsp3) is 0.214. The van der Waals surface area contributed by atoms with Gasteiger partial charge >= 0.3 is 0 Å². The summed E-state index contributed by atoms with van der Waals surface area (Å²) in [6.07, 6.45) is 0. The van der Waals surface area contributed by atoms with E-state index in [2.05, 4.69) is 26.1 Å². The van der Waals surface area contributed by atoms with Crippen molar-refractivity contribution in [2.75, 3.05) is 17.3 Å². The number of anilines is 2. The number of nitrogens with one attached hydrogen (secondary N) is 1. The molecule has 5 nitrogen and oxygen atoms in total. The predicted molar refractivity (Wildman–Crippen MR) is 132 cm³/mol. The molecule has 1 aliphatic rings. The van der Waals surface area contributed by atoms with Gasteiger partial charge in [-0.2, -0.15) is 0 Å². The van der Waals surface area contributed by atoms with Gasteiger partial charge in [0.25, 0.3) is 11.8 Å². The Labute approximate surface area is 194 Å². The quantitative estimate of drug-likeness (QED) is 0.517. The molecule has 0 aliphatic carbocycles. The van der Waals surface area contributed by atoms with E-state index in [-0.39, 0.29) is 17.0 Å². The summed E-state index contributed by atoms with van der Waals surface area (Å²) in [5.41, 5.74) is 4.53. The summed E-state index contributed by atoms with van der Waals surface area (Å²) in [6, 6.07) is 22.5. The van der Waals surface area contributed by atoms with Crippen LogP contribution >= 0.6 is 0 Å². The van der Waals surface area contributed by atoms with Gasteiger partial charge < -0.3 is 10.1 Å². The second-order valence-corrected chi connectivity index (χ2v) is 9.19. The van der Waals surface area contributed by atoms with Gasteiger partial charge in [-0.05, 0) is 53.3 Å². The minimum absolute atomic E-state index is 0.0283. The van der Waals surface area contributed by atoms with Crippen LogP contribution in [0.15, 0.2) is 78.5 Å². The molecule has 0 spiro atoms. The highest BCUT2D eigenvalue weighted by Crippen LogP contribution is 2.36. The van der Waals surface area contributed by atoms with Crippen molar-refractivity contribution in [3.63, 3.8) is 0 Å². The molecule has 1 N–H and O–H groups in total. The monoisotopic (exact) mass is 440 g/mol. The van der Waals surface area contributed by atoms with E-state index >= 15 is 0 Å². The van der Waals surface area contributed by atoms with E-state index in [1.807, 2.05) is 79.7 Å². The van der Waals surface area contributed by atoms with E-state index in [4.69, 9.17) is 4.74 Å². The van der Waals surface area contributed by atoms with Crippen LogP contribution in [0.2, 0.25) is 0 Å². The number of amides is 2. The maximum absolute atomic E-state index is 13.6. The summed E-state index contributed by atoms with van der Waals surface area (Å²) in [7, 11) is 1.58. The van der Waals surface area contributed by atoms with Crippen molar-refractivity contribution in [2.24, 2.45) is 0 Å². The van der Waals surface area contributed by atoms with Crippen LogP contribution in [0.3, 0.4) is 0 Å². The van der Waals surface area contributed by atoms with Crippen molar-refractivity contribution in [1.29, 1.82) is 0 Å². The van der Waals surface area contributed by atoms with E-state index in [9.17, 15) is 9.59 Å². The van der Waals surface area contributed by atoms with Crippen molar-refractivity contribution < 1.29 is 14.3 Å². The number of carbonyl (C=O) groups excluding carboxylic acids is 2. The molecule has 2 amide bonds. The van der Waals surface area contributed by atoms with Crippen molar-refractivity contribution >= 4 is 28.8 Å². The molecule has 3 aromatic carbocycles. The van der Waals surface area contributed by atoms with Crippen molar-refractivity contribution in [1.82, 2.24) is 0 Å². The van der Waals surface area contributed by atoms with E-state index < -0.39 is 5.91 Å². The molecule has 0 radical (unpaired) electrons. The largest absolute Gasteiger partial charge is 0.495 e. The Hall–Kier alpha value is -3.86.